The number of amides is 7. The summed E-state index contributed by atoms with van der Waals surface area (Å²) in [6.45, 7) is 6.26. The van der Waals surface area contributed by atoms with Crippen molar-refractivity contribution in [3.8, 4) is 5.75 Å². The first-order valence-corrected chi connectivity index (χ1v) is 24.1. The quantitative estimate of drug-likeness (QED) is 0.0492. The van der Waals surface area contributed by atoms with Crippen molar-refractivity contribution in [3.63, 3.8) is 0 Å². The number of fused-ring (bicyclic) bond motifs is 1. The standard InChI is InChI=1S/C50H55Cl2FN8O8/c1-28-26-59(48(66)32-17-19-33(20-18-32)55-46(64)37-25-39(45(54)58-57-37)69-30(3)42-35(51)21-22-36(53)44(42)52)27-29(2)60(28)41(63)16-11-9-7-5-4-6-8-10-13-31-14-12-15-34-43(31)50(68)61(49(34)67)38-23-24-40(62)56-47(38)65/h12,14-15,17-22,25,28-30,38H,4-11,13,16,23-24,26-27H2,1-3H3,(H2,54,58)(H,55,64)(H,56,62,65)/t28-,29+,30-,38?/m1/s1. The van der Waals surface area contributed by atoms with Crippen molar-refractivity contribution in [1.82, 2.24) is 30.2 Å². The lowest BCUT2D eigenvalue weighted by Gasteiger charge is -2.44. The molecule has 3 aliphatic heterocycles. The number of hydrogen-bond acceptors (Lipinski definition) is 11. The zero-order chi connectivity index (χ0) is 49.5. The van der Waals surface area contributed by atoms with E-state index in [9.17, 15) is 38.0 Å². The highest BCUT2D eigenvalue weighted by Gasteiger charge is 2.45. The zero-order valence-corrected chi connectivity index (χ0v) is 40.2. The van der Waals surface area contributed by atoms with Crippen LogP contribution in [0, 0.1) is 5.82 Å². The maximum atomic E-state index is 14.1. The van der Waals surface area contributed by atoms with Gasteiger partial charge in [0, 0.05) is 65.9 Å². The molecule has 4 N–H and O–H groups in total. The third-order valence-corrected chi connectivity index (χ3v) is 13.5. The number of nitrogens with one attached hydrogen (secondary N) is 2. The molecule has 69 heavy (non-hydrogen) atoms. The van der Waals surface area contributed by atoms with Gasteiger partial charge in [-0.05, 0) is 94.5 Å². The van der Waals surface area contributed by atoms with Gasteiger partial charge in [0.2, 0.25) is 17.7 Å². The van der Waals surface area contributed by atoms with Gasteiger partial charge in [-0.15, -0.1) is 10.2 Å². The Labute approximate surface area is 409 Å². The van der Waals surface area contributed by atoms with Crippen LogP contribution in [-0.4, -0.2) is 97.5 Å². The van der Waals surface area contributed by atoms with Crippen LogP contribution in [-0.2, 0) is 20.8 Å². The number of aryl methyl sites for hydroxylation is 1. The average molecular weight is 986 g/mol. The lowest BCUT2D eigenvalue weighted by molar-refractivity contribution is -0.139. The summed E-state index contributed by atoms with van der Waals surface area (Å²) in [6.07, 6.45) is 8.08. The molecule has 0 aliphatic carbocycles. The minimum Gasteiger partial charge on any atom is -0.482 e. The van der Waals surface area contributed by atoms with Gasteiger partial charge in [-0.3, -0.25) is 43.8 Å². The summed E-state index contributed by atoms with van der Waals surface area (Å²) in [5.41, 5.74) is 8.33. The van der Waals surface area contributed by atoms with Gasteiger partial charge in [-0.1, -0.05) is 73.9 Å². The maximum absolute atomic E-state index is 14.1. The number of ether oxygens (including phenoxy) is 1. The zero-order valence-electron chi connectivity index (χ0n) is 38.7. The number of imide groups is 2. The Hall–Kier alpha value is -6.46. The number of aromatic nitrogens is 2. The number of nitrogens with zero attached hydrogens (tertiary/aromatic N) is 5. The van der Waals surface area contributed by atoms with E-state index >= 15 is 0 Å². The van der Waals surface area contributed by atoms with Crippen LogP contribution in [0.3, 0.4) is 0 Å². The minimum absolute atomic E-state index is 0.0125. The summed E-state index contributed by atoms with van der Waals surface area (Å²) in [4.78, 5) is 95.4. The number of piperazine rings is 1. The highest BCUT2D eigenvalue weighted by molar-refractivity contribution is 6.36. The molecule has 1 aromatic heterocycles. The molecule has 3 aliphatic rings. The second kappa shape index (κ2) is 22.3. The van der Waals surface area contributed by atoms with Crippen molar-refractivity contribution in [2.75, 3.05) is 24.1 Å². The van der Waals surface area contributed by atoms with Gasteiger partial charge in [0.1, 0.15) is 18.0 Å². The molecule has 0 spiro atoms. The van der Waals surface area contributed by atoms with E-state index in [0.29, 0.717) is 48.3 Å². The molecule has 7 amide bonds. The van der Waals surface area contributed by atoms with Crippen molar-refractivity contribution in [2.45, 2.75) is 122 Å². The number of halogens is 3. The van der Waals surface area contributed by atoms with Gasteiger partial charge in [-0.25, -0.2) is 4.39 Å². The fraction of sp³-hybridized carbons (Fsp3) is 0.420. The van der Waals surface area contributed by atoms with Crippen LogP contribution in [0.15, 0.2) is 60.7 Å². The molecule has 1 unspecified atom stereocenters. The van der Waals surface area contributed by atoms with E-state index in [0.717, 1.165) is 67.9 Å². The average Bonchev–Trinajstić information content (AvgIpc) is 3.57. The molecule has 7 rings (SSSR count). The Morgan fingerprint density at radius 2 is 1.55 bits per heavy atom. The van der Waals surface area contributed by atoms with Crippen molar-refractivity contribution >= 4 is 76.1 Å². The Bertz CT molecular complexity index is 2640. The van der Waals surface area contributed by atoms with E-state index in [1.54, 1.807) is 48.2 Å². The lowest BCUT2D eigenvalue weighted by Crippen LogP contribution is -2.59. The maximum Gasteiger partial charge on any atom is 0.276 e. The molecule has 4 atom stereocenters. The normalized spacial score (nSPS) is 18.5. The summed E-state index contributed by atoms with van der Waals surface area (Å²) < 4.78 is 20.0. The summed E-state index contributed by atoms with van der Waals surface area (Å²) in [6, 6.07) is 14.1. The number of rotatable bonds is 18. The van der Waals surface area contributed by atoms with Gasteiger partial charge in [0.15, 0.2) is 17.3 Å². The highest BCUT2D eigenvalue weighted by atomic mass is 35.5. The highest BCUT2D eigenvalue weighted by Crippen LogP contribution is 2.36. The van der Waals surface area contributed by atoms with Gasteiger partial charge in [0.05, 0.1) is 16.1 Å². The van der Waals surface area contributed by atoms with Crippen LogP contribution >= 0.6 is 23.2 Å². The summed E-state index contributed by atoms with van der Waals surface area (Å²) in [5.74, 6) is -3.49. The third kappa shape index (κ3) is 11.5. The molecule has 16 nitrogen and oxygen atoms in total. The van der Waals surface area contributed by atoms with E-state index in [4.69, 9.17) is 33.7 Å². The van der Waals surface area contributed by atoms with E-state index in [2.05, 4.69) is 20.8 Å². The van der Waals surface area contributed by atoms with Crippen LogP contribution < -0.4 is 21.1 Å². The van der Waals surface area contributed by atoms with E-state index in [1.807, 2.05) is 24.8 Å². The topological polar surface area (TPSA) is 214 Å². The second-order valence-corrected chi connectivity index (χ2v) is 18.6. The molecular formula is C50H55Cl2FN8O8. The van der Waals surface area contributed by atoms with Crippen molar-refractivity contribution in [1.29, 1.82) is 0 Å². The first-order chi connectivity index (χ1) is 33.0. The molecule has 2 saturated heterocycles. The van der Waals surface area contributed by atoms with E-state index in [-0.39, 0.29) is 69.6 Å². The number of hydrogen-bond donors (Lipinski definition) is 3. The number of unbranched alkanes of at least 4 members (excludes halogenated alkanes) is 7. The molecular weight excluding hydrogens is 931 g/mol. The second-order valence-electron chi connectivity index (χ2n) is 17.9. The number of piperidine rings is 1. The molecule has 19 heteroatoms. The molecule has 0 saturated carbocycles. The smallest absolute Gasteiger partial charge is 0.276 e. The Balaban J connectivity index is 0.792. The fourth-order valence-corrected chi connectivity index (χ4v) is 10.1. The van der Waals surface area contributed by atoms with Crippen LogP contribution in [0.5, 0.6) is 5.75 Å². The first-order valence-electron chi connectivity index (χ1n) is 23.3. The van der Waals surface area contributed by atoms with Crippen LogP contribution in [0.2, 0.25) is 10.0 Å². The number of benzene rings is 3. The Kier molecular flexibility index (Phi) is 16.3. The van der Waals surface area contributed by atoms with Gasteiger partial charge in [0.25, 0.3) is 23.6 Å². The van der Waals surface area contributed by atoms with Crippen LogP contribution in [0.1, 0.15) is 150 Å². The first kappa shape index (κ1) is 50.4. The molecule has 4 heterocycles. The van der Waals surface area contributed by atoms with Gasteiger partial charge in [-0.2, -0.15) is 0 Å². The van der Waals surface area contributed by atoms with E-state index < -0.39 is 47.5 Å². The van der Waals surface area contributed by atoms with Gasteiger partial charge >= 0.3 is 0 Å². The number of carbonyl (C=O) groups excluding carboxylic acids is 7. The minimum atomic E-state index is -0.985. The Morgan fingerprint density at radius 1 is 0.884 bits per heavy atom. The number of carbonyl (C=O) groups is 7. The SMILES string of the molecule is C[C@@H]1CN(C(=O)c2ccc(NC(=O)c3cc(O[C@H](C)c4c(Cl)ccc(F)c4Cl)c(N)nn3)cc2)C[C@H](C)N1C(=O)CCCCCCCCCCc1cccc2c1C(=O)N(C1CCC(=O)NC1=O)C2=O. The largest absolute Gasteiger partial charge is 0.482 e. The predicted octanol–water partition coefficient (Wildman–Crippen LogP) is 8.11. The summed E-state index contributed by atoms with van der Waals surface area (Å²) in [5, 5.41) is 12.7. The predicted molar refractivity (Wildman–Crippen MR) is 256 cm³/mol. The van der Waals surface area contributed by atoms with Gasteiger partial charge < -0.3 is 25.6 Å². The fourth-order valence-electron chi connectivity index (χ4n) is 9.38. The van der Waals surface area contributed by atoms with Crippen molar-refractivity contribution in [3.05, 3.63) is 110 Å². The van der Waals surface area contributed by atoms with Crippen molar-refractivity contribution < 1.29 is 42.7 Å². The van der Waals surface area contributed by atoms with Crippen molar-refractivity contribution in [2.24, 2.45) is 0 Å². The lowest BCUT2D eigenvalue weighted by atomic mass is 9.97. The number of nitrogen functional groups attached to an aromatic ring is 1. The van der Waals surface area contributed by atoms with Crippen LogP contribution in [0.25, 0.3) is 0 Å². The molecule has 2 fully saturated rings. The summed E-state index contributed by atoms with van der Waals surface area (Å²) in [7, 11) is 0. The monoisotopic (exact) mass is 984 g/mol. The third-order valence-electron chi connectivity index (χ3n) is 12.8. The van der Waals surface area contributed by atoms with Crippen LogP contribution in [0.4, 0.5) is 15.9 Å². The number of nitrogens with two attached hydrogens (primary N) is 1. The molecule has 0 radical (unpaired) electrons. The van der Waals surface area contributed by atoms with E-state index in [1.165, 1.54) is 12.1 Å². The Morgan fingerprint density at radius 3 is 2.23 bits per heavy atom. The molecule has 0 bridgehead atoms. The summed E-state index contributed by atoms with van der Waals surface area (Å²) >= 11 is 12.4. The molecule has 4 aromatic rings. The molecule has 3 aromatic carbocycles. The number of anilines is 2. The molecule has 364 valence electrons.